The third-order valence-corrected chi connectivity index (χ3v) is 2.72. The standard InChI is InChI=1S/C12H16BrFN2O/c1-8(15)6-12(17)16-5-4-9-7-10(13)2-3-11(9)14/h2-3,7-8H,4-6,15H2,1H3,(H,16,17). The van der Waals surface area contributed by atoms with E-state index in [0.717, 1.165) is 4.47 Å². The summed E-state index contributed by atoms with van der Waals surface area (Å²) in [6.07, 6.45) is 0.761. The van der Waals surface area contributed by atoms with Crippen molar-refractivity contribution in [3.63, 3.8) is 0 Å². The molecule has 3 N–H and O–H groups in total. The van der Waals surface area contributed by atoms with E-state index in [1.807, 2.05) is 0 Å². The average molecular weight is 303 g/mol. The van der Waals surface area contributed by atoms with E-state index in [1.54, 1.807) is 19.1 Å². The summed E-state index contributed by atoms with van der Waals surface area (Å²) in [6, 6.07) is 4.61. The minimum absolute atomic E-state index is 0.101. The van der Waals surface area contributed by atoms with Crippen molar-refractivity contribution >= 4 is 21.8 Å². The number of hydrogen-bond donors (Lipinski definition) is 2. The summed E-state index contributed by atoms with van der Waals surface area (Å²) >= 11 is 3.28. The van der Waals surface area contributed by atoms with Crippen LogP contribution in [0.15, 0.2) is 22.7 Å². The number of nitrogens with one attached hydrogen (secondary N) is 1. The lowest BCUT2D eigenvalue weighted by molar-refractivity contribution is -0.121. The van der Waals surface area contributed by atoms with E-state index in [0.29, 0.717) is 24.9 Å². The molecule has 0 heterocycles. The van der Waals surface area contributed by atoms with E-state index in [-0.39, 0.29) is 17.8 Å². The van der Waals surface area contributed by atoms with Gasteiger partial charge in [-0.3, -0.25) is 4.79 Å². The first kappa shape index (κ1) is 14.1. The molecular formula is C12H16BrFN2O. The topological polar surface area (TPSA) is 55.1 Å². The van der Waals surface area contributed by atoms with E-state index in [4.69, 9.17) is 5.73 Å². The largest absolute Gasteiger partial charge is 0.356 e. The zero-order valence-corrected chi connectivity index (χ0v) is 11.3. The Morgan fingerprint density at radius 2 is 2.29 bits per heavy atom. The minimum atomic E-state index is -0.255. The van der Waals surface area contributed by atoms with Gasteiger partial charge in [0.1, 0.15) is 5.82 Å². The first-order valence-corrected chi connectivity index (χ1v) is 6.24. The van der Waals surface area contributed by atoms with Gasteiger partial charge in [-0.25, -0.2) is 4.39 Å². The van der Waals surface area contributed by atoms with Gasteiger partial charge >= 0.3 is 0 Å². The van der Waals surface area contributed by atoms with Crippen molar-refractivity contribution in [3.8, 4) is 0 Å². The fourth-order valence-corrected chi connectivity index (χ4v) is 1.84. The summed E-state index contributed by atoms with van der Waals surface area (Å²) in [5, 5.41) is 2.71. The van der Waals surface area contributed by atoms with Gasteiger partial charge in [0.25, 0.3) is 0 Å². The van der Waals surface area contributed by atoms with Crippen LogP contribution in [0.5, 0.6) is 0 Å². The molecule has 1 aromatic carbocycles. The third kappa shape index (κ3) is 5.28. The number of halogens is 2. The van der Waals surface area contributed by atoms with E-state index < -0.39 is 0 Å². The van der Waals surface area contributed by atoms with Gasteiger partial charge in [-0.15, -0.1) is 0 Å². The molecule has 0 saturated carbocycles. The molecule has 0 spiro atoms. The summed E-state index contributed by atoms with van der Waals surface area (Å²) in [7, 11) is 0. The van der Waals surface area contributed by atoms with Crippen molar-refractivity contribution in [2.75, 3.05) is 6.54 Å². The van der Waals surface area contributed by atoms with Gasteiger partial charge in [0, 0.05) is 23.5 Å². The fourth-order valence-electron chi connectivity index (χ4n) is 1.44. The molecule has 1 amide bonds. The highest BCUT2D eigenvalue weighted by Crippen LogP contribution is 2.15. The maximum Gasteiger partial charge on any atom is 0.221 e. The normalized spacial score (nSPS) is 12.2. The highest BCUT2D eigenvalue weighted by Gasteiger charge is 2.06. The smallest absolute Gasteiger partial charge is 0.221 e. The molecule has 0 aliphatic heterocycles. The van der Waals surface area contributed by atoms with E-state index in [2.05, 4.69) is 21.2 Å². The van der Waals surface area contributed by atoms with Crippen molar-refractivity contribution in [2.24, 2.45) is 5.73 Å². The van der Waals surface area contributed by atoms with Crippen LogP contribution < -0.4 is 11.1 Å². The Hall–Kier alpha value is -0.940. The number of carbonyl (C=O) groups is 1. The highest BCUT2D eigenvalue weighted by atomic mass is 79.9. The second-order valence-corrected chi connectivity index (χ2v) is 4.93. The SMILES string of the molecule is CC(N)CC(=O)NCCc1cc(Br)ccc1F. The number of carbonyl (C=O) groups excluding carboxylic acids is 1. The molecule has 0 fully saturated rings. The molecular weight excluding hydrogens is 287 g/mol. The number of amides is 1. The van der Waals surface area contributed by atoms with Crippen molar-refractivity contribution in [1.82, 2.24) is 5.32 Å². The Kier molecular flexibility index (Phi) is 5.58. The molecule has 1 aromatic rings. The number of nitrogens with two attached hydrogens (primary N) is 1. The summed E-state index contributed by atoms with van der Waals surface area (Å²) in [5.41, 5.74) is 6.08. The van der Waals surface area contributed by atoms with Crippen molar-refractivity contribution in [3.05, 3.63) is 34.1 Å². The van der Waals surface area contributed by atoms with Gasteiger partial charge < -0.3 is 11.1 Å². The second-order valence-electron chi connectivity index (χ2n) is 4.02. The molecule has 0 bridgehead atoms. The first-order chi connectivity index (χ1) is 7.99. The molecule has 1 unspecified atom stereocenters. The van der Waals surface area contributed by atoms with Crippen LogP contribution in [-0.4, -0.2) is 18.5 Å². The third-order valence-electron chi connectivity index (χ3n) is 2.23. The number of hydrogen-bond acceptors (Lipinski definition) is 2. The van der Waals surface area contributed by atoms with Crippen molar-refractivity contribution < 1.29 is 9.18 Å². The van der Waals surface area contributed by atoms with Gasteiger partial charge in [-0.05, 0) is 37.1 Å². The Balaban J connectivity index is 2.40. The maximum atomic E-state index is 13.4. The monoisotopic (exact) mass is 302 g/mol. The van der Waals surface area contributed by atoms with Crippen LogP contribution in [0.3, 0.4) is 0 Å². The first-order valence-electron chi connectivity index (χ1n) is 5.45. The Labute approximate surface area is 109 Å². The summed E-state index contributed by atoms with van der Waals surface area (Å²) in [6.45, 7) is 2.19. The van der Waals surface area contributed by atoms with E-state index in [1.165, 1.54) is 6.07 Å². The fraction of sp³-hybridized carbons (Fsp3) is 0.417. The molecule has 94 valence electrons. The average Bonchev–Trinajstić information content (AvgIpc) is 2.22. The Morgan fingerprint density at radius 3 is 2.94 bits per heavy atom. The van der Waals surface area contributed by atoms with Crippen molar-refractivity contribution in [1.29, 1.82) is 0 Å². The van der Waals surface area contributed by atoms with Crippen LogP contribution in [0.4, 0.5) is 4.39 Å². The molecule has 0 radical (unpaired) electrons. The zero-order valence-electron chi connectivity index (χ0n) is 9.67. The van der Waals surface area contributed by atoms with Gasteiger partial charge in [-0.2, -0.15) is 0 Å². The molecule has 3 nitrogen and oxygen atoms in total. The second kappa shape index (κ2) is 6.71. The van der Waals surface area contributed by atoms with Crippen LogP contribution in [0.2, 0.25) is 0 Å². The molecule has 17 heavy (non-hydrogen) atoms. The zero-order chi connectivity index (χ0) is 12.8. The quantitative estimate of drug-likeness (QED) is 0.874. The lowest BCUT2D eigenvalue weighted by atomic mass is 10.1. The van der Waals surface area contributed by atoms with Gasteiger partial charge in [0.05, 0.1) is 0 Å². The van der Waals surface area contributed by atoms with Crippen LogP contribution in [0.25, 0.3) is 0 Å². The van der Waals surface area contributed by atoms with Gasteiger partial charge in [0.15, 0.2) is 0 Å². The molecule has 1 rings (SSSR count). The van der Waals surface area contributed by atoms with E-state index >= 15 is 0 Å². The minimum Gasteiger partial charge on any atom is -0.356 e. The van der Waals surface area contributed by atoms with Gasteiger partial charge in [-0.1, -0.05) is 15.9 Å². The molecule has 0 saturated heterocycles. The van der Waals surface area contributed by atoms with Crippen LogP contribution in [0, 0.1) is 5.82 Å². The molecule has 5 heteroatoms. The predicted molar refractivity (Wildman–Crippen MR) is 69.1 cm³/mol. The van der Waals surface area contributed by atoms with Crippen molar-refractivity contribution in [2.45, 2.75) is 25.8 Å². The highest BCUT2D eigenvalue weighted by molar-refractivity contribution is 9.10. The molecule has 0 aromatic heterocycles. The molecule has 0 aliphatic rings. The number of rotatable bonds is 5. The van der Waals surface area contributed by atoms with Crippen LogP contribution in [-0.2, 0) is 11.2 Å². The lowest BCUT2D eigenvalue weighted by Crippen LogP contribution is -2.31. The molecule has 1 atom stereocenters. The predicted octanol–water partition coefficient (Wildman–Crippen LogP) is 1.98. The van der Waals surface area contributed by atoms with E-state index in [9.17, 15) is 9.18 Å². The van der Waals surface area contributed by atoms with Gasteiger partial charge in [0.2, 0.25) is 5.91 Å². The maximum absolute atomic E-state index is 13.4. The van der Waals surface area contributed by atoms with Crippen LogP contribution in [0.1, 0.15) is 18.9 Å². The summed E-state index contributed by atoms with van der Waals surface area (Å²) in [4.78, 5) is 11.3. The lowest BCUT2D eigenvalue weighted by Gasteiger charge is -2.08. The summed E-state index contributed by atoms with van der Waals surface area (Å²) < 4.78 is 14.2. The Morgan fingerprint density at radius 1 is 1.59 bits per heavy atom. The van der Waals surface area contributed by atoms with Crippen LogP contribution >= 0.6 is 15.9 Å². The molecule has 0 aliphatic carbocycles. The summed E-state index contributed by atoms with van der Waals surface area (Å²) in [5.74, 6) is -0.356. The number of benzene rings is 1. The Bertz CT molecular complexity index is 396.